The Labute approximate surface area is 142 Å². The van der Waals surface area contributed by atoms with Crippen molar-refractivity contribution < 1.29 is 24.9 Å². The van der Waals surface area contributed by atoms with Gasteiger partial charge in [0.25, 0.3) is 0 Å². The Bertz CT molecular complexity index is 1050. The van der Waals surface area contributed by atoms with Crippen LogP contribution in [0.25, 0.3) is 11.1 Å². The van der Waals surface area contributed by atoms with E-state index in [1.165, 1.54) is 42.5 Å². The number of rotatable bonds is 1. The molecule has 4 rings (SSSR count). The predicted octanol–water partition coefficient (Wildman–Crippen LogP) is 3.25. The number of hydrogen-bond acceptors (Lipinski definition) is 5. The normalized spacial score (nSPS) is 12.6. The van der Waals surface area contributed by atoms with Crippen LogP contribution in [0.1, 0.15) is 31.8 Å². The number of phenols is 3. The van der Waals surface area contributed by atoms with Crippen molar-refractivity contribution in [2.45, 2.75) is 0 Å². The highest BCUT2D eigenvalue weighted by Gasteiger charge is 2.34. The van der Waals surface area contributed by atoms with Gasteiger partial charge in [-0.05, 0) is 41.5 Å². The zero-order valence-corrected chi connectivity index (χ0v) is 12.9. The quantitative estimate of drug-likeness (QED) is 0.497. The molecule has 5 nitrogen and oxygen atoms in total. The molecular weight excluding hydrogens is 320 g/mol. The summed E-state index contributed by atoms with van der Waals surface area (Å²) in [6, 6.07) is 13.5. The van der Waals surface area contributed by atoms with Gasteiger partial charge in [-0.1, -0.05) is 24.3 Å². The molecule has 0 spiro atoms. The van der Waals surface area contributed by atoms with Gasteiger partial charge in [0.15, 0.2) is 5.78 Å². The van der Waals surface area contributed by atoms with E-state index >= 15 is 0 Å². The van der Waals surface area contributed by atoms with Crippen LogP contribution in [0.3, 0.4) is 0 Å². The van der Waals surface area contributed by atoms with Gasteiger partial charge in [-0.2, -0.15) is 0 Å². The smallest absolute Gasteiger partial charge is 0.201 e. The minimum absolute atomic E-state index is 0.0891. The molecule has 0 atom stereocenters. The molecule has 3 aromatic rings. The number of carbonyl (C=O) groups is 2. The van der Waals surface area contributed by atoms with Crippen molar-refractivity contribution in [3.05, 3.63) is 76.9 Å². The van der Waals surface area contributed by atoms with Crippen molar-refractivity contribution in [3.8, 4) is 28.4 Å². The summed E-state index contributed by atoms with van der Waals surface area (Å²) in [5.41, 5.74) is 1.22. The number of benzene rings is 3. The second kappa shape index (κ2) is 5.21. The lowest BCUT2D eigenvalue weighted by molar-refractivity contribution is 0.0974. The van der Waals surface area contributed by atoms with Crippen LogP contribution in [0, 0.1) is 0 Å². The van der Waals surface area contributed by atoms with Crippen molar-refractivity contribution in [2.75, 3.05) is 0 Å². The summed E-state index contributed by atoms with van der Waals surface area (Å²) in [5, 5.41) is 29.7. The Morgan fingerprint density at radius 1 is 0.600 bits per heavy atom. The molecule has 0 amide bonds. The van der Waals surface area contributed by atoms with Crippen LogP contribution in [0.2, 0.25) is 0 Å². The van der Waals surface area contributed by atoms with E-state index < -0.39 is 11.6 Å². The molecule has 1 aliphatic carbocycles. The first-order valence-electron chi connectivity index (χ1n) is 7.55. The summed E-state index contributed by atoms with van der Waals surface area (Å²) < 4.78 is 0. The van der Waals surface area contributed by atoms with Crippen molar-refractivity contribution in [1.29, 1.82) is 0 Å². The fraction of sp³-hybridized carbons (Fsp3) is 0. The van der Waals surface area contributed by atoms with Gasteiger partial charge in [0, 0.05) is 11.1 Å². The predicted molar refractivity (Wildman–Crippen MR) is 90.2 cm³/mol. The highest BCUT2D eigenvalue weighted by atomic mass is 16.3. The fourth-order valence-electron chi connectivity index (χ4n) is 3.10. The van der Waals surface area contributed by atoms with Crippen LogP contribution in [0.5, 0.6) is 17.2 Å². The zero-order valence-electron chi connectivity index (χ0n) is 12.9. The molecule has 5 heteroatoms. The standard InChI is InChI=1S/C20H12O5/c21-12-6-4-10(5-7-12)11-8-14-18(16(23)9-11)20(25)17-13(19(14)24)2-1-3-15(17)22/h1-9,21-23H. The number of fused-ring (bicyclic) bond motifs is 2. The Hall–Kier alpha value is -3.60. The zero-order chi connectivity index (χ0) is 17.7. The van der Waals surface area contributed by atoms with Crippen molar-refractivity contribution in [2.24, 2.45) is 0 Å². The number of hydrogen-bond donors (Lipinski definition) is 3. The number of carbonyl (C=O) groups excluding carboxylic acids is 2. The largest absolute Gasteiger partial charge is 0.508 e. The molecule has 0 heterocycles. The molecule has 1 aliphatic rings. The Kier molecular flexibility index (Phi) is 3.12. The minimum atomic E-state index is -0.586. The van der Waals surface area contributed by atoms with E-state index in [9.17, 15) is 24.9 Å². The van der Waals surface area contributed by atoms with Gasteiger partial charge < -0.3 is 15.3 Å². The molecule has 0 fully saturated rings. The van der Waals surface area contributed by atoms with E-state index in [0.29, 0.717) is 11.1 Å². The Balaban J connectivity index is 1.95. The molecule has 122 valence electrons. The molecule has 25 heavy (non-hydrogen) atoms. The third-order valence-electron chi connectivity index (χ3n) is 4.30. The third kappa shape index (κ3) is 2.17. The molecule has 3 aromatic carbocycles. The molecular formula is C20H12O5. The van der Waals surface area contributed by atoms with Crippen LogP contribution in [0.4, 0.5) is 0 Å². The van der Waals surface area contributed by atoms with E-state index in [-0.39, 0.29) is 39.5 Å². The maximum absolute atomic E-state index is 12.8. The molecule has 0 unspecified atom stereocenters. The lowest BCUT2D eigenvalue weighted by atomic mass is 9.81. The van der Waals surface area contributed by atoms with Crippen molar-refractivity contribution >= 4 is 11.6 Å². The molecule has 3 N–H and O–H groups in total. The van der Waals surface area contributed by atoms with Crippen molar-refractivity contribution in [3.63, 3.8) is 0 Å². The SMILES string of the molecule is O=C1c2cccc(O)c2C(=O)c2c(O)cc(-c3ccc(O)cc3)cc21. The van der Waals surface area contributed by atoms with Gasteiger partial charge in [0.2, 0.25) is 5.78 Å². The monoisotopic (exact) mass is 332 g/mol. The first-order valence-corrected chi connectivity index (χ1v) is 7.55. The summed E-state index contributed by atoms with van der Waals surface area (Å²) in [7, 11) is 0. The van der Waals surface area contributed by atoms with Crippen molar-refractivity contribution in [1.82, 2.24) is 0 Å². The topological polar surface area (TPSA) is 94.8 Å². The van der Waals surface area contributed by atoms with Gasteiger partial charge in [-0.3, -0.25) is 9.59 Å². The van der Waals surface area contributed by atoms with Gasteiger partial charge in [0.05, 0.1) is 11.1 Å². The summed E-state index contributed by atoms with van der Waals surface area (Å²) in [6.45, 7) is 0. The maximum atomic E-state index is 12.8. The van der Waals surface area contributed by atoms with Crippen LogP contribution in [0.15, 0.2) is 54.6 Å². The maximum Gasteiger partial charge on any atom is 0.201 e. The molecule has 0 aromatic heterocycles. The summed E-state index contributed by atoms with van der Waals surface area (Å²) in [6.07, 6.45) is 0. The average Bonchev–Trinajstić information content (AvgIpc) is 2.59. The molecule has 0 saturated heterocycles. The third-order valence-corrected chi connectivity index (χ3v) is 4.30. The lowest BCUT2D eigenvalue weighted by Crippen LogP contribution is -2.21. The molecule has 0 bridgehead atoms. The lowest BCUT2D eigenvalue weighted by Gasteiger charge is -2.20. The summed E-state index contributed by atoms with van der Waals surface area (Å²) in [4.78, 5) is 25.5. The van der Waals surface area contributed by atoms with Gasteiger partial charge in [-0.15, -0.1) is 0 Å². The van der Waals surface area contributed by atoms with Crippen LogP contribution >= 0.6 is 0 Å². The van der Waals surface area contributed by atoms with Gasteiger partial charge in [0.1, 0.15) is 17.2 Å². The molecule has 0 radical (unpaired) electrons. The van der Waals surface area contributed by atoms with E-state index in [1.54, 1.807) is 12.1 Å². The number of ketones is 2. The van der Waals surface area contributed by atoms with Crippen LogP contribution < -0.4 is 0 Å². The van der Waals surface area contributed by atoms with Gasteiger partial charge in [-0.25, -0.2) is 0 Å². The highest BCUT2D eigenvalue weighted by molar-refractivity contribution is 6.30. The number of aromatic hydroxyl groups is 3. The fourth-order valence-corrected chi connectivity index (χ4v) is 3.10. The molecule has 0 saturated carbocycles. The second-order valence-electron chi connectivity index (χ2n) is 5.82. The van der Waals surface area contributed by atoms with Gasteiger partial charge >= 0.3 is 0 Å². The number of phenolic OH excluding ortho intramolecular Hbond substituents is 3. The summed E-state index contributed by atoms with van der Waals surface area (Å²) in [5.74, 6) is -1.54. The second-order valence-corrected chi connectivity index (χ2v) is 5.82. The Morgan fingerprint density at radius 2 is 1.28 bits per heavy atom. The summed E-state index contributed by atoms with van der Waals surface area (Å²) >= 11 is 0. The molecule has 0 aliphatic heterocycles. The van der Waals surface area contributed by atoms with E-state index in [4.69, 9.17) is 0 Å². The van der Waals surface area contributed by atoms with Crippen LogP contribution in [-0.2, 0) is 0 Å². The van der Waals surface area contributed by atoms with E-state index in [2.05, 4.69) is 0 Å². The van der Waals surface area contributed by atoms with E-state index in [1.807, 2.05) is 0 Å². The van der Waals surface area contributed by atoms with E-state index in [0.717, 1.165) is 0 Å². The Morgan fingerprint density at radius 3 is 2.00 bits per heavy atom. The highest BCUT2D eigenvalue weighted by Crippen LogP contribution is 2.39. The van der Waals surface area contributed by atoms with Crippen LogP contribution in [-0.4, -0.2) is 26.9 Å². The first-order chi connectivity index (χ1) is 12.0. The first kappa shape index (κ1) is 15.0. The average molecular weight is 332 g/mol. The minimum Gasteiger partial charge on any atom is -0.508 e.